The van der Waals surface area contributed by atoms with Crippen molar-refractivity contribution < 1.29 is 5.11 Å². The molecule has 0 atom stereocenters. The SMILES string of the molecule is CCCCCCCCn1c(O)c2c(Nc3ccccc3)c(Br)c3c4c2c(c(=Nc2ccccc2)c(Br)c-4c(=O)n(CCCCCCCC)c3=O)c1=O. The Hall–Kier alpha value is -4.02. The fraction of sp³-hybridized carbons (Fsp3) is 0.381. The standard InChI is InChI=1S/C42H46Br2N4O4/c1-3-5-7-9-11-19-25-47-39(49)31-29-30-33(37(35(31)43)45-27-21-15-13-16-22-27)41(51)48(26-20-12-10-8-6-4-2)42(52)34(30)38(36(44)32(29)40(47)50)46-28-23-17-14-18-24-28/h13-18,21-24,45,51H,3-12,19-20,25-26H2,1-2H3. The molecule has 0 radical (unpaired) electrons. The van der Waals surface area contributed by atoms with Gasteiger partial charge in [-0.25, -0.2) is 4.99 Å². The minimum atomic E-state index is -0.447. The van der Waals surface area contributed by atoms with Gasteiger partial charge >= 0.3 is 0 Å². The summed E-state index contributed by atoms with van der Waals surface area (Å²) in [4.78, 5) is 48.8. The van der Waals surface area contributed by atoms with Crippen LogP contribution in [0.3, 0.4) is 0 Å². The molecule has 3 aromatic carbocycles. The molecule has 6 rings (SSSR count). The third-order valence-electron chi connectivity index (χ3n) is 9.97. The van der Waals surface area contributed by atoms with Gasteiger partial charge in [0.25, 0.3) is 16.7 Å². The van der Waals surface area contributed by atoms with Crippen LogP contribution in [0.25, 0.3) is 32.7 Å². The molecule has 52 heavy (non-hydrogen) atoms. The third-order valence-corrected chi connectivity index (χ3v) is 11.5. The highest BCUT2D eigenvalue weighted by molar-refractivity contribution is 9.11. The number of nitrogens with zero attached hydrogens (tertiary/aromatic N) is 3. The van der Waals surface area contributed by atoms with Crippen LogP contribution >= 0.6 is 31.9 Å². The number of hydrogen-bond donors (Lipinski definition) is 2. The molecular formula is C42H46Br2N4O4. The molecule has 0 unspecified atom stereocenters. The fourth-order valence-corrected chi connectivity index (χ4v) is 8.59. The van der Waals surface area contributed by atoms with Crippen LogP contribution in [0, 0.1) is 0 Å². The van der Waals surface area contributed by atoms with E-state index in [9.17, 15) is 19.5 Å². The highest BCUT2D eigenvalue weighted by Crippen LogP contribution is 2.48. The highest BCUT2D eigenvalue weighted by atomic mass is 79.9. The molecule has 1 aliphatic heterocycles. The van der Waals surface area contributed by atoms with Crippen molar-refractivity contribution in [2.24, 2.45) is 4.99 Å². The van der Waals surface area contributed by atoms with Crippen LogP contribution in [0.15, 0.2) is 89.0 Å². The molecule has 10 heteroatoms. The molecule has 272 valence electrons. The molecule has 2 N–H and O–H groups in total. The molecule has 1 aromatic heterocycles. The van der Waals surface area contributed by atoms with E-state index in [0.717, 1.165) is 69.9 Å². The van der Waals surface area contributed by atoms with Gasteiger partial charge in [0.1, 0.15) is 0 Å². The van der Waals surface area contributed by atoms with Crippen LogP contribution < -0.4 is 27.4 Å². The molecule has 1 aliphatic carbocycles. The number of rotatable bonds is 17. The predicted octanol–water partition coefficient (Wildman–Crippen LogP) is 10.6. The number of unbranched alkanes of at least 4 members (excludes halogenated alkanes) is 10. The number of halogens is 2. The van der Waals surface area contributed by atoms with E-state index in [2.05, 4.69) is 51.0 Å². The average molecular weight is 831 g/mol. The Morgan fingerprint density at radius 3 is 1.75 bits per heavy atom. The number of aromatic hydroxyl groups is 1. The maximum absolute atomic E-state index is 14.8. The Morgan fingerprint density at radius 2 is 1.13 bits per heavy atom. The van der Waals surface area contributed by atoms with Gasteiger partial charge in [0, 0.05) is 29.7 Å². The lowest BCUT2D eigenvalue weighted by atomic mass is 9.89. The van der Waals surface area contributed by atoms with E-state index in [1.165, 1.54) is 9.13 Å². The Bertz CT molecular complexity index is 2360. The quantitative estimate of drug-likeness (QED) is 0.0703. The predicted molar refractivity (Wildman–Crippen MR) is 220 cm³/mol. The molecule has 0 amide bonds. The maximum atomic E-state index is 14.8. The Balaban J connectivity index is 1.71. The van der Waals surface area contributed by atoms with Crippen molar-refractivity contribution in [1.82, 2.24) is 9.13 Å². The average Bonchev–Trinajstić information content (AvgIpc) is 3.14. The maximum Gasteiger partial charge on any atom is 0.263 e. The Labute approximate surface area is 320 Å². The van der Waals surface area contributed by atoms with E-state index in [1.807, 2.05) is 60.7 Å². The van der Waals surface area contributed by atoms with E-state index < -0.39 is 16.7 Å². The summed E-state index contributed by atoms with van der Waals surface area (Å²) in [5.41, 5.74) is 1.06. The normalized spacial score (nSPS) is 12.2. The first-order valence-electron chi connectivity index (χ1n) is 18.7. The molecular weight excluding hydrogens is 784 g/mol. The molecule has 0 fully saturated rings. The topological polar surface area (TPSA) is 106 Å². The van der Waals surface area contributed by atoms with Crippen molar-refractivity contribution in [3.05, 3.63) is 106 Å². The number of pyridine rings is 2. The van der Waals surface area contributed by atoms with Crippen LogP contribution in [0.1, 0.15) is 90.9 Å². The number of nitrogens with one attached hydrogen (secondary N) is 1. The molecule has 2 aliphatic rings. The van der Waals surface area contributed by atoms with Crippen molar-refractivity contribution in [1.29, 1.82) is 0 Å². The highest BCUT2D eigenvalue weighted by Gasteiger charge is 2.33. The van der Waals surface area contributed by atoms with Crippen molar-refractivity contribution in [2.75, 3.05) is 5.32 Å². The van der Waals surface area contributed by atoms with E-state index >= 15 is 0 Å². The second kappa shape index (κ2) is 17.2. The summed E-state index contributed by atoms with van der Waals surface area (Å²) in [6.07, 6.45) is 12.1. The van der Waals surface area contributed by atoms with E-state index in [4.69, 9.17) is 4.99 Å². The summed E-state index contributed by atoms with van der Waals surface area (Å²) in [6, 6.07) is 18.8. The second-order valence-electron chi connectivity index (χ2n) is 13.6. The van der Waals surface area contributed by atoms with Crippen LogP contribution in [-0.4, -0.2) is 14.2 Å². The Morgan fingerprint density at radius 1 is 0.596 bits per heavy atom. The van der Waals surface area contributed by atoms with E-state index in [1.54, 1.807) is 0 Å². The number of aromatic nitrogens is 2. The van der Waals surface area contributed by atoms with Gasteiger partial charge in [0.2, 0.25) is 5.88 Å². The van der Waals surface area contributed by atoms with Gasteiger partial charge in [-0.2, -0.15) is 0 Å². The zero-order chi connectivity index (χ0) is 36.8. The lowest BCUT2D eigenvalue weighted by Gasteiger charge is -2.24. The third kappa shape index (κ3) is 7.42. The molecule has 0 bridgehead atoms. The number of benzene rings is 4. The van der Waals surface area contributed by atoms with Gasteiger partial charge in [-0.15, -0.1) is 0 Å². The van der Waals surface area contributed by atoms with Gasteiger partial charge < -0.3 is 10.4 Å². The largest absolute Gasteiger partial charge is 0.494 e. The molecule has 0 spiro atoms. The first-order chi connectivity index (χ1) is 25.3. The monoisotopic (exact) mass is 828 g/mol. The van der Waals surface area contributed by atoms with Crippen molar-refractivity contribution in [2.45, 2.75) is 104 Å². The molecule has 0 saturated heterocycles. The zero-order valence-electron chi connectivity index (χ0n) is 29.9. The lowest BCUT2D eigenvalue weighted by Crippen LogP contribution is -2.37. The van der Waals surface area contributed by atoms with Crippen molar-refractivity contribution >= 4 is 70.5 Å². The zero-order valence-corrected chi connectivity index (χ0v) is 33.1. The van der Waals surface area contributed by atoms with Crippen LogP contribution in [0.4, 0.5) is 17.1 Å². The summed E-state index contributed by atoms with van der Waals surface area (Å²) in [7, 11) is 0. The summed E-state index contributed by atoms with van der Waals surface area (Å²) in [5.74, 6) is -0.218. The van der Waals surface area contributed by atoms with Crippen molar-refractivity contribution in [3.63, 3.8) is 0 Å². The minimum absolute atomic E-state index is 0.218. The number of anilines is 2. The molecule has 4 aromatic rings. The summed E-state index contributed by atoms with van der Waals surface area (Å²) in [6.45, 7) is 4.92. The summed E-state index contributed by atoms with van der Waals surface area (Å²) >= 11 is 7.54. The molecule has 0 saturated carbocycles. The van der Waals surface area contributed by atoms with Crippen LogP contribution in [0.2, 0.25) is 0 Å². The van der Waals surface area contributed by atoms with Gasteiger partial charge in [0.15, 0.2) is 0 Å². The van der Waals surface area contributed by atoms with Gasteiger partial charge in [-0.3, -0.25) is 23.5 Å². The van der Waals surface area contributed by atoms with Crippen LogP contribution in [-0.2, 0) is 13.1 Å². The number of hydrogen-bond acceptors (Lipinski definition) is 6. The van der Waals surface area contributed by atoms with Gasteiger partial charge in [-0.1, -0.05) is 114 Å². The van der Waals surface area contributed by atoms with Crippen molar-refractivity contribution in [3.8, 4) is 17.0 Å². The van der Waals surface area contributed by atoms with Gasteiger partial charge in [0.05, 0.1) is 47.4 Å². The summed E-state index contributed by atoms with van der Waals surface area (Å²) in [5, 5.41) is 17.1. The second-order valence-corrected chi connectivity index (χ2v) is 15.2. The van der Waals surface area contributed by atoms with Gasteiger partial charge in [-0.05, 0) is 69.0 Å². The molecule has 8 nitrogen and oxygen atoms in total. The van der Waals surface area contributed by atoms with E-state index in [0.29, 0.717) is 61.4 Å². The minimum Gasteiger partial charge on any atom is -0.494 e. The summed E-state index contributed by atoms with van der Waals surface area (Å²) < 4.78 is 3.51. The Kier molecular flexibility index (Phi) is 12.5. The fourth-order valence-electron chi connectivity index (χ4n) is 7.27. The van der Waals surface area contributed by atoms with Crippen LogP contribution in [0.5, 0.6) is 5.88 Å². The first-order valence-corrected chi connectivity index (χ1v) is 20.3. The number of para-hydroxylation sites is 2. The smallest absolute Gasteiger partial charge is 0.263 e. The first kappa shape index (κ1) is 37.7. The van der Waals surface area contributed by atoms with E-state index in [-0.39, 0.29) is 28.8 Å². The molecule has 2 heterocycles. The lowest BCUT2D eigenvalue weighted by molar-refractivity contribution is 0.406.